The Bertz CT molecular complexity index is 1380. The quantitative estimate of drug-likeness (QED) is 0.150. The topological polar surface area (TPSA) is 55.8 Å². The Morgan fingerprint density at radius 2 is 1.43 bits per heavy atom. The SMILES string of the molecule is CCCCCC(=O)N(Cc1ccc(C#Cc2ccc(CCCC)cc2)cc1)c1ccc2c(c1)C(=O)OC(C)(C)O2. The first-order chi connectivity index (χ1) is 19.3. The number of cyclic esters (lactones) is 1. The summed E-state index contributed by atoms with van der Waals surface area (Å²) in [5.41, 5.74) is 5.20. The lowest BCUT2D eigenvalue weighted by atomic mass is 10.1. The second-order valence-corrected chi connectivity index (χ2v) is 10.8. The molecule has 3 aromatic rings. The van der Waals surface area contributed by atoms with Crippen LogP contribution in [0.25, 0.3) is 0 Å². The third-order valence-electron chi connectivity index (χ3n) is 6.90. The van der Waals surface area contributed by atoms with Gasteiger partial charge in [0.25, 0.3) is 0 Å². The lowest BCUT2D eigenvalue weighted by Gasteiger charge is -2.32. The molecule has 0 N–H and O–H groups in total. The van der Waals surface area contributed by atoms with Crippen molar-refractivity contribution in [2.24, 2.45) is 0 Å². The van der Waals surface area contributed by atoms with Crippen LogP contribution < -0.4 is 9.64 Å². The summed E-state index contributed by atoms with van der Waals surface area (Å²) in [6.45, 7) is 8.10. The minimum absolute atomic E-state index is 0.0186. The predicted molar refractivity (Wildman–Crippen MR) is 159 cm³/mol. The lowest BCUT2D eigenvalue weighted by molar-refractivity contribution is -0.127. The van der Waals surface area contributed by atoms with Crippen LogP contribution in [0.5, 0.6) is 5.75 Å². The summed E-state index contributed by atoms with van der Waals surface area (Å²) in [6.07, 6.45) is 6.79. The number of carbonyl (C=O) groups excluding carboxylic acids is 2. The maximum atomic E-state index is 13.3. The molecule has 0 atom stereocenters. The fourth-order valence-corrected chi connectivity index (χ4v) is 4.64. The van der Waals surface area contributed by atoms with Gasteiger partial charge in [0.1, 0.15) is 11.3 Å². The molecule has 0 unspecified atom stereocenters. The van der Waals surface area contributed by atoms with Gasteiger partial charge in [-0.15, -0.1) is 0 Å². The number of fused-ring (bicyclic) bond motifs is 1. The van der Waals surface area contributed by atoms with Gasteiger partial charge < -0.3 is 14.4 Å². The van der Waals surface area contributed by atoms with E-state index in [0.29, 0.717) is 30.0 Å². The van der Waals surface area contributed by atoms with Gasteiger partial charge in [0.15, 0.2) is 0 Å². The molecular formula is C35H39NO4. The van der Waals surface area contributed by atoms with Gasteiger partial charge >= 0.3 is 5.97 Å². The predicted octanol–water partition coefficient (Wildman–Crippen LogP) is 7.83. The number of benzene rings is 3. The molecule has 1 heterocycles. The number of rotatable bonds is 10. The van der Waals surface area contributed by atoms with Crippen LogP contribution in [0.15, 0.2) is 66.7 Å². The number of aryl methyl sites for hydroxylation is 1. The Labute approximate surface area is 238 Å². The van der Waals surface area contributed by atoms with Crippen molar-refractivity contribution in [1.29, 1.82) is 0 Å². The molecule has 0 saturated carbocycles. The number of ether oxygens (including phenoxy) is 2. The highest BCUT2D eigenvalue weighted by Gasteiger charge is 2.34. The Balaban J connectivity index is 1.51. The number of hydrogen-bond acceptors (Lipinski definition) is 4. The average Bonchev–Trinajstić information content (AvgIpc) is 2.94. The first kappa shape index (κ1) is 29.0. The first-order valence-electron chi connectivity index (χ1n) is 14.3. The monoisotopic (exact) mass is 537 g/mol. The molecule has 0 saturated heterocycles. The van der Waals surface area contributed by atoms with E-state index >= 15 is 0 Å². The van der Waals surface area contributed by atoms with Gasteiger partial charge in [0.2, 0.25) is 11.7 Å². The number of esters is 1. The van der Waals surface area contributed by atoms with Gasteiger partial charge in [-0.05, 0) is 72.9 Å². The number of carbonyl (C=O) groups is 2. The van der Waals surface area contributed by atoms with E-state index in [1.54, 1.807) is 30.9 Å². The molecule has 0 bridgehead atoms. The van der Waals surface area contributed by atoms with E-state index in [-0.39, 0.29) is 5.91 Å². The number of anilines is 1. The van der Waals surface area contributed by atoms with E-state index in [1.807, 2.05) is 30.3 Å². The number of amides is 1. The van der Waals surface area contributed by atoms with Crippen molar-refractivity contribution >= 4 is 17.6 Å². The van der Waals surface area contributed by atoms with E-state index < -0.39 is 11.8 Å². The molecule has 5 heteroatoms. The number of hydrogen-bond donors (Lipinski definition) is 0. The second kappa shape index (κ2) is 13.3. The number of unbranched alkanes of at least 4 members (excludes halogenated alkanes) is 3. The molecule has 0 radical (unpaired) electrons. The molecule has 208 valence electrons. The molecule has 0 fully saturated rings. The zero-order chi connectivity index (χ0) is 28.5. The van der Waals surface area contributed by atoms with Crippen LogP contribution in [0.4, 0.5) is 5.69 Å². The minimum Gasteiger partial charge on any atom is -0.452 e. The summed E-state index contributed by atoms with van der Waals surface area (Å²) in [6, 6.07) is 21.7. The maximum Gasteiger partial charge on any atom is 0.345 e. The van der Waals surface area contributed by atoms with Crippen molar-refractivity contribution in [3.63, 3.8) is 0 Å². The summed E-state index contributed by atoms with van der Waals surface area (Å²) in [7, 11) is 0. The van der Waals surface area contributed by atoms with Crippen LogP contribution in [-0.4, -0.2) is 17.7 Å². The van der Waals surface area contributed by atoms with Gasteiger partial charge in [-0.25, -0.2) is 4.79 Å². The summed E-state index contributed by atoms with van der Waals surface area (Å²) in [5, 5.41) is 0. The van der Waals surface area contributed by atoms with Crippen LogP contribution in [-0.2, 0) is 22.5 Å². The lowest BCUT2D eigenvalue weighted by Crippen LogP contribution is -2.39. The highest BCUT2D eigenvalue weighted by Crippen LogP contribution is 2.34. The van der Waals surface area contributed by atoms with E-state index in [9.17, 15) is 9.59 Å². The summed E-state index contributed by atoms with van der Waals surface area (Å²) in [4.78, 5) is 27.7. The van der Waals surface area contributed by atoms with Gasteiger partial charge in [-0.2, -0.15) is 0 Å². The zero-order valence-corrected chi connectivity index (χ0v) is 24.1. The molecule has 0 aromatic heterocycles. The number of nitrogens with zero attached hydrogens (tertiary/aromatic N) is 1. The molecule has 1 aliphatic rings. The van der Waals surface area contributed by atoms with Gasteiger partial charge in [0, 0.05) is 37.1 Å². The third kappa shape index (κ3) is 7.76. The normalized spacial score (nSPS) is 13.3. The molecular weight excluding hydrogens is 498 g/mol. The second-order valence-electron chi connectivity index (χ2n) is 10.8. The van der Waals surface area contributed by atoms with Crippen LogP contribution in [0.2, 0.25) is 0 Å². The van der Waals surface area contributed by atoms with E-state index in [2.05, 4.69) is 50.0 Å². The van der Waals surface area contributed by atoms with Crippen molar-refractivity contribution in [1.82, 2.24) is 0 Å². The van der Waals surface area contributed by atoms with Crippen molar-refractivity contribution in [2.75, 3.05) is 4.90 Å². The van der Waals surface area contributed by atoms with Crippen LogP contribution >= 0.6 is 0 Å². The van der Waals surface area contributed by atoms with Gasteiger partial charge in [0.05, 0.1) is 6.54 Å². The van der Waals surface area contributed by atoms with Gasteiger partial charge in [-0.1, -0.05) is 69.2 Å². The van der Waals surface area contributed by atoms with Crippen molar-refractivity contribution < 1.29 is 19.1 Å². The molecule has 5 nitrogen and oxygen atoms in total. The fraction of sp³-hybridized carbons (Fsp3) is 0.371. The summed E-state index contributed by atoms with van der Waals surface area (Å²) in [5.74, 6) is 5.49. The Hall–Kier alpha value is -4.04. The summed E-state index contributed by atoms with van der Waals surface area (Å²) >= 11 is 0. The highest BCUT2D eigenvalue weighted by atomic mass is 16.7. The minimum atomic E-state index is -1.02. The van der Waals surface area contributed by atoms with Crippen molar-refractivity contribution in [2.45, 2.75) is 85.0 Å². The fourth-order valence-electron chi connectivity index (χ4n) is 4.64. The van der Waals surface area contributed by atoms with Crippen LogP contribution in [0, 0.1) is 11.8 Å². The zero-order valence-electron chi connectivity index (χ0n) is 24.1. The summed E-state index contributed by atoms with van der Waals surface area (Å²) < 4.78 is 11.2. The Morgan fingerprint density at radius 3 is 2.05 bits per heavy atom. The highest BCUT2D eigenvalue weighted by molar-refractivity contribution is 5.98. The molecule has 0 aliphatic carbocycles. The molecule has 3 aromatic carbocycles. The molecule has 0 spiro atoms. The maximum absolute atomic E-state index is 13.3. The van der Waals surface area contributed by atoms with E-state index in [4.69, 9.17) is 9.47 Å². The first-order valence-corrected chi connectivity index (χ1v) is 14.3. The van der Waals surface area contributed by atoms with Gasteiger partial charge in [-0.3, -0.25) is 4.79 Å². The molecule has 1 aliphatic heterocycles. The van der Waals surface area contributed by atoms with E-state index in [1.165, 1.54) is 18.4 Å². The van der Waals surface area contributed by atoms with Crippen LogP contribution in [0.1, 0.15) is 98.8 Å². The Morgan fingerprint density at radius 1 is 0.800 bits per heavy atom. The standard InChI is InChI=1S/C35H39NO4/c1-5-7-9-11-33(37)36(30-22-23-32-31(24-30)34(38)40-35(3,4)39-32)25-29-20-18-28(19-21-29)17-16-27-14-12-26(13-15-27)10-8-6-2/h12-15,18-24H,5-11,25H2,1-4H3. The third-order valence-corrected chi connectivity index (χ3v) is 6.90. The van der Waals surface area contributed by atoms with Crippen molar-refractivity contribution in [3.05, 3.63) is 94.5 Å². The Kier molecular flexibility index (Phi) is 9.66. The smallest absolute Gasteiger partial charge is 0.345 e. The van der Waals surface area contributed by atoms with E-state index in [0.717, 1.165) is 42.4 Å². The molecule has 40 heavy (non-hydrogen) atoms. The molecule has 1 amide bonds. The van der Waals surface area contributed by atoms with Crippen molar-refractivity contribution in [3.8, 4) is 17.6 Å². The average molecular weight is 538 g/mol. The largest absolute Gasteiger partial charge is 0.452 e. The molecule has 4 rings (SSSR count). The van der Waals surface area contributed by atoms with Crippen LogP contribution in [0.3, 0.4) is 0 Å².